The van der Waals surface area contributed by atoms with E-state index in [2.05, 4.69) is 4.98 Å². The summed E-state index contributed by atoms with van der Waals surface area (Å²) in [5.41, 5.74) is 2.88. The Balaban J connectivity index is 1.87. The number of hydrogen-bond donors (Lipinski definition) is 1. The minimum absolute atomic E-state index is 0.0177. The van der Waals surface area contributed by atoms with Gasteiger partial charge in [0.15, 0.2) is 6.79 Å². The van der Waals surface area contributed by atoms with Crippen LogP contribution in [0.2, 0.25) is 0 Å². The summed E-state index contributed by atoms with van der Waals surface area (Å²) in [7, 11) is 0. The first-order valence-electron chi connectivity index (χ1n) is 8.18. The van der Waals surface area contributed by atoms with Crippen LogP contribution in [0.1, 0.15) is 30.0 Å². The fourth-order valence-corrected chi connectivity index (χ4v) is 3.25. The predicted octanol–water partition coefficient (Wildman–Crippen LogP) is 2.91. The number of ether oxygens (including phenoxy) is 2. The van der Waals surface area contributed by atoms with E-state index in [0.29, 0.717) is 29.2 Å². The van der Waals surface area contributed by atoms with E-state index in [-0.39, 0.29) is 19.1 Å². The predicted molar refractivity (Wildman–Crippen MR) is 92.8 cm³/mol. The van der Waals surface area contributed by atoms with Gasteiger partial charge in [0.05, 0.1) is 29.1 Å². The zero-order valence-corrected chi connectivity index (χ0v) is 14.1. The maximum absolute atomic E-state index is 11.3. The number of para-hydroxylation sites is 2. The van der Waals surface area contributed by atoms with E-state index < -0.39 is 11.0 Å². The molecule has 4 rings (SSSR count). The van der Waals surface area contributed by atoms with Crippen LogP contribution < -0.4 is 4.74 Å². The van der Waals surface area contributed by atoms with Crippen LogP contribution in [-0.4, -0.2) is 26.4 Å². The first-order chi connectivity index (χ1) is 12.5. The zero-order valence-electron chi connectivity index (χ0n) is 14.1. The third-order valence-electron chi connectivity index (χ3n) is 4.37. The lowest BCUT2D eigenvalue weighted by Crippen LogP contribution is -2.16. The van der Waals surface area contributed by atoms with Gasteiger partial charge in [0.2, 0.25) is 0 Å². The Morgan fingerprint density at radius 3 is 2.96 bits per heavy atom. The molecule has 0 unspecified atom stereocenters. The number of aromatic nitrogens is 2. The van der Waals surface area contributed by atoms with Crippen molar-refractivity contribution in [3.05, 3.63) is 63.5 Å². The number of aliphatic hydroxyl groups is 1. The lowest BCUT2D eigenvalue weighted by atomic mass is 10.1. The molecule has 1 aliphatic heterocycles. The van der Waals surface area contributed by atoms with E-state index in [0.717, 1.165) is 11.0 Å². The number of benzene rings is 2. The molecule has 26 heavy (non-hydrogen) atoms. The van der Waals surface area contributed by atoms with E-state index in [9.17, 15) is 15.2 Å². The number of nitrogens with zero attached hydrogens (tertiary/aromatic N) is 3. The molecular weight excluding hydrogens is 338 g/mol. The van der Waals surface area contributed by atoms with E-state index in [1.807, 2.05) is 28.8 Å². The summed E-state index contributed by atoms with van der Waals surface area (Å²) in [6.45, 7) is 2.30. The molecule has 1 atom stereocenters. The van der Waals surface area contributed by atoms with Crippen molar-refractivity contribution in [2.24, 2.45) is 0 Å². The molecule has 8 heteroatoms. The third-order valence-corrected chi connectivity index (χ3v) is 4.37. The van der Waals surface area contributed by atoms with Crippen LogP contribution in [0, 0.1) is 10.1 Å². The Kier molecular flexibility index (Phi) is 4.06. The van der Waals surface area contributed by atoms with Crippen LogP contribution in [0.15, 0.2) is 36.4 Å². The number of non-ortho nitro benzene ring substituents is 1. The maximum atomic E-state index is 11.3. The maximum Gasteiger partial charge on any atom is 0.270 e. The number of nitro groups is 1. The van der Waals surface area contributed by atoms with Crippen LogP contribution >= 0.6 is 0 Å². The molecule has 3 aromatic rings. The SMILES string of the molecule is C[C@@H](O)c1nc2ccccc2n1Cc1cc([N+](=O)[O-])cc2c1OCOC2. The second-order valence-corrected chi connectivity index (χ2v) is 6.18. The first kappa shape index (κ1) is 16.5. The van der Waals surface area contributed by atoms with E-state index in [1.165, 1.54) is 12.1 Å². The minimum atomic E-state index is -0.777. The summed E-state index contributed by atoms with van der Waals surface area (Å²) in [6, 6.07) is 10.5. The second kappa shape index (κ2) is 6.40. The highest BCUT2D eigenvalue weighted by atomic mass is 16.7. The van der Waals surface area contributed by atoms with Gasteiger partial charge in [-0.3, -0.25) is 10.1 Å². The van der Waals surface area contributed by atoms with Crippen LogP contribution in [0.4, 0.5) is 5.69 Å². The number of aliphatic hydroxyl groups excluding tert-OH is 1. The molecule has 1 N–H and O–H groups in total. The number of rotatable bonds is 4. The van der Waals surface area contributed by atoms with Crippen LogP contribution in [0.3, 0.4) is 0 Å². The van der Waals surface area contributed by atoms with Gasteiger partial charge in [-0.05, 0) is 19.1 Å². The fraction of sp³-hybridized carbons (Fsp3) is 0.278. The summed E-state index contributed by atoms with van der Waals surface area (Å²) in [5, 5.41) is 21.4. The third kappa shape index (κ3) is 2.79. The molecule has 0 aliphatic carbocycles. The Morgan fingerprint density at radius 2 is 2.19 bits per heavy atom. The Morgan fingerprint density at radius 1 is 1.38 bits per heavy atom. The van der Waals surface area contributed by atoms with Gasteiger partial charge in [-0.1, -0.05) is 12.1 Å². The molecule has 0 radical (unpaired) electrons. The van der Waals surface area contributed by atoms with Gasteiger partial charge in [-0.15, -0.1) is 0 Å². The van der Waals surface area contributed by atoms with Gasteiger partial charge in [-0.2, -0.15) is 0 Å². The molecule has 2 aromatic carbocycles. The van der Waals surface area contributed by atoms with Crippen molar-refractivity contribution in [1.29, 1.82) is 0 Å². The van der Waals surface area contributed by atoms with Gasteiger partial charge < -0.3 is 19.1 Å². The largest absolute Gasteiger partial charge is 0.467 e. The van der Waals surface area contributed by atoms with Gasteiger partial charge in [-0.25, -0.2) is 4.98 Å². The summed E-state index contributed by atoms with van der Waals surface area (Å²) in [5.74, 6) is 1.09. The smallest absolute Gasteiger partial charge is 0.270 e. The topological polar surface area (TPSA) is 99.7 Å². The average molecular weight is 355 g/mol. The van der Waals surface area contributed by atoms with Crippen molar-refractivity contribution in [2.45, 2.75) is 26.2 Å². The number of imidazole rings is 1. The highest BCUT2D eigenvalue weighted by molar-refractivity contribution is 5.76. The lowest BCUT2D eigenvalue weighted by molar-refractivity contribution is -0.385. The quantitative estimate of drug-likeness (QED) is 0.570. The van der Waals surface area contributed by atoms with E-state index in [4.69, 9.17) is 9.47 Å². The molecule has 134 valence electrons. The van der Waals surface area contributed by atoms with Crippen LogP contribution in [-0.2, 0) is 17.9 Å². The molecule has 2 heterocycles. The molecule has 8 nitrogen and oxygen atoms in total. The number of hydrogen-bond acceptors (Lipinski definition) is 6. The Labute approximate surface area is 148 Å². The van der Waals surface area contributed by atoms with Crippen molar-refractivity contribution in [1.82, 2.24) is 9.55 Å². The molecule has 0 amide bonds. The molecular formula is C18H17N3O5. The fourth-order valence-electron chi connectivity index (χ4n) is 3.25. The first-order valence-corrected chi connectivity index (χ1v) is 8.18. The molecule has 0 saturated heterocycles. The number of fused-ring (bicyclic) bond motifs is 2. The normalized spacial score (nSPS) is 14.7. The average Bonchev–Trinajstić information content (AvgIpc) is 3.00. The monoisotopic (exact) mass is 355 g/mol. The standard InChI is InChI=1S/C18H17N3O5/c1-11(22)18-19-15-4-2-3-5-16(15)20(18)8-12-6-14(21(23)24)7-13-9-25-10-26-17(12)13/h2-7,11,22H,8-10H2,1H3/t11-/m1/s1. The summed E-state index contributed by atoms with van der Waals surface area (Å²) < 4.78 is 12.7. The van der Waals surface area contributed by atoms with E-state index in [1.54, 1.807) is 6.92 Å². The highest BCUT2D eigenvalue weighted by Gasteiger charge is 2.23. The van der Waals surface area contributed by atoms with Gasteiger partial charge in [0, 0.05) is 23.3 Å². The molecule has 0 saturated carbocycles. The Bertz CT molecular complexity index is 996. The second-order valence-electron chi connectivity index (χ2n) is 6.18. The Hall–Kier alpha value is -2.97. The molecule has 0 fully saturated rings. The van der Waals surface area contributed by atoms with Crippen LogP contribution in [0.5, 0.6) is 5.75 Å². The van der Waals surface area contributed by atoms with Crippen molar-refractivity contribution < 1.29 is 19.5 Å². The van der Waals surface area contributed by atoms with Gasteiger partial charge in [0.1, 0.15) is 17.7 Å². The number of nitro benzene ring substituents is 1. The van der Waals surface area contributed by atoms with Gasteiger partial charge >= 0.3 is 0 Å². The summed E-state index contributed by atoms with van der Waals surface area (Å²) >= 11 is 0. The zero-order chi connectivity index (χ0) is 18.3. The highest BCUT2D eigenvalue weighted by Crippen LogP contribution is 2.34. The molecule has 0 bridgehead atoms. The van der Waals surface area contributed by atoms with Crippen molar-refractivity contribution in [3.63, 3.8) is 0 Å². The molecule has 1 aromatic heterocycles. The van der Waals surface area contributed by atoms with Crippen molar-refractivity contribution >= 4 is 16.7 Å². The minimum Gasteiger partial charge on any atom is -0.467 e. The molecule has 1 aliphatic rings. The van der Waals surface area contributed by atoms with Crippen LogP contribution in [0.25, 0.3) is 11.0 Å². The lowest BCUT2D eigenvalue weighted by Gasteiger charge is -2.21. The van der Waals surface area contributed by atoms with Crippen molar-refractivity contribution in [2.75, 3.05) is 6.79 Å². The van der Waals surface area contributed by atoms with Gasteiger partial charge in [0.25, 0.3) is 5.69 Å². The van der Waals surface area contributed by atoms with E-state index >= 15 is 0 Å². The van der Waals surface area contributed by atoms with Crippen molar-refractivity contribution in [3.8, 4) is 5.75 Å². The summed E-state index contributed by atoms with van der Waals surface area (Å²) in [6.07, 6.45) is -0.777. The molecule has 0 spiro atoms. The summed E-state index contributed by atoms with van der Waals surface area (Å²) in [4.78, 5) is 15.4.